The van der Waals surface area contributed by atoms with Gasteiger partial charge in [0.1, 0.15) is 0 Å². The van der Waals surface area contributed by atoms with Gasteiger partial charge in [0.2, 0.25) is 0 Å². The predicted octanol–water partition coefficient (Wildman–Crippen LogP) is 0.00170. The van der Waals surface area contributed by atoms with Crippen LogP contribution in [-0.4, -0.2) is 72.5 Å². The zero-order valence-electron chi connectivity index (χ0n) is 10.5. The minimum absolute atomic E-state index is 0.120. The highest BCUT2D eigenvalue weighted by Gasteiger charge is 2.18. The topological polar surface area (TPSA) is 46.9 Å². The molecule has 0 spiro atoms. The predicted molar refractivity (Wildman–Crippen MR) is 63.0 cm³/mol. The zero-order valence-corrected chi connectivity index (χ0v) is 10.5. The van der Waals surface area contributed by atoms with Crippen molar-refractivity contribution in [2.24, 2.45) is 0 Å². The summed E-state index contributed by atoms with van der Waals surface area (Å²) >= 11 is 0. The molecule has 0 aromatic rings. The molecule has 4 heteroatoms. The maximum absolute atomic E-state index is 9.12. The van der Waals surface area contributed by atoms with E-state index in [9.17, 15) is 0 Å². The van der Waals surface area contributed by atoms with E-state index in [0.29, 0.717) is 0 Å². The standard InChI is InChI=1S/C11H26N2O2/c1-10(8-14)13(11(2)9-15)7-5-6-12(3)4/h10-11,14-15H,5-9H2,1-4H3. The number of aliphatic hydroxyl groups is 2. The van der Waals surface area contributed by atoms with Crippen LogP contribution in [0.4, 0.5) is 0 Å². The van der Waals surface area contributed by atoms with E-state index >= 15 is 0 Å². The summed E-state index contributed by atoms with van der Waals surface area (Å²) in [6, 6.07) is 0.239. The molecule has 2 atom stereocenters. The molecule has 0 aromatic heterocycles. The van der Waals surface area contributed by atoms with Crippen molar-refractivity contribution in [3.05, 3.63) is 0 Å². The molecule has 0 saturated carbocycles. The molecule has 0 fully saturated rings. The fourth-order valence-corrected chi connectivity index (χ4v) is 1.65. The highest BCUT2D eigenvalue weighted by Crippen LogP contribution is 2.06. The van der Waals surface area contributed by atoms with Gasteiger partial charge in [-0.15, -0.1) is 0 Å². The van der Waals surface area contributed by atoms with E-state index in [1.807, 2.05) is 13.8 Å². The Balaban J connectivity index is 4.01. The molecule has 0 amide bonds. The van der Waals surface area contributed by atoms with Crippen molar-refractivity contribution >= 4 is 0 Å². The summed E-state index contributed by atoms with van der Waals surface area (Å²) in [7, 11) is 4.10. The molecule has 0 radical (unpaired) electrons. The Bertz CT molecular complexity index is 144. The third-order valence-electron chi connectivity index (χ3n) is 2.68. The van der Waals surface area contributed by atoms with Crippen molar-refractivity contribution in [2.45, 2.75) is 32.4 Å². The van der Waals surface area contributed by atoms with E-state index in [0.717, 1.165) is 19.5 Å². The lowest BCUT2D eigenvalue weighted by Crippen LogP contribution is -2.45. The van der Waals surface area contributed by atoms with E-state index in [1.54, 1.807) is 0 Å². The molecule has 0 aliphatic heterocycles. The minimum atomic E-state index is 0.120. The van der Waals surface area contributed by atoms with Crippen LogP contribution in [0.15, 0.2) is 0 Å². The molecule has 0 aliphatic rings. The van der Waals surface area contributed by atoms with Gasteiger partial charge in [-0.05, 0) is 40.9 Å². The van der Waals surface area contributed by atoms with Crippen LogP contribution in [0.25, 0.3) is 0 Å². The maximum atomic E-state index is 9.12. The summed E-state index contributed by atoms with van der Waals surface area (Å²) in [5.41, 5.74) is 0. The third kappa shape index (κ3) is 6.10. The molecule has 0 heterocycles. The molecule has 0 saturated heterocycles. The van der Waals surface area contributed by atoms with Crippen molar-refractivity contribution in [1.82, 2.24) is 9.80 Å². The van der Waals surface area contributed by atoms with Crippen molar-refractivity contribution in [3.63, 3.8) is 0 Å². The molecule has 0 rings (SSSR count). The molecule has 2 unspecified atom stereocenters. The van der Waals surface area contributed by atoms with Crippen LogP contribution in [-0.2, 0) is 0 Å². The Morgan fingerprint density at radius 1 is 0.933 bits per heavy atom. The zero-order chi connectivity index (χ0) is 11.8. The molecular formula is C11H26N2O2. The van der Waals surface area contributed by atoms with Gasteiger partial charge in [-0.2, -0.15) is 0 Å². The number of aliphatic hydroxyl groups excluding tert-OH is 2. The van der Waals surface area contributed by atoms with E-state index in [-0.39, 0.29) is 25.3 Å². The fourth-order valence-electron chi connectivity index (χ4n) is 1.65. The smallest absolute Gasteiger partial charge is 0.0584 e. The quantitative estimate of drug-likeness (QED) is 0.602. The van der Waals surface area contributed by atoms with Crippen LogP contribution < -0.4 is 0 Å². The molecule has 15 heavy (non-hydrogen) atoms. The number of hydrogen-bond donors (Lipinski definition) is 2. The van der Waals surface area contributed by atoms with E-state index < -0.39 is 0 Å². The minimum Gasteiger partial charge on any atom is -0.395 e. The molecule has 0 bridgehead atoms. The van der Waals surface area contributed by atoms with Crippen LogP contribution in [0.5, 0.6) is 0 Å². The Labute approximate surface area is 93.5 Å². The second-order valence-corrected chi connectivity index (χ2v) is 4.46. The normalized spacial score (nSPS) is 16.0. The number of nitrogens with zero attached hydrogens (tertiary/aromatic N) is 2. The summed E-state index contributed by atoms with van der Waals surface area (Å²) in [5.74, 6) is 0. The largest absolute Gasteiger partial charge is 0.395 e. The Morgan fingerprint density at radius 2 is 1.40 bits per heavy atom. The number of hydrogen-bond acceptors (Lipinski definition) is 4. The van der Waals surface area contributed by atoms with E-state index in [2.05, 4.69) is 23.9 Å². The van der Waals surface area contributed by atoms with E-state index in [4.69, 9.17) is 10.2 Å². The molecule has 4 nitrogen and oxygen atoms in total. The summed E-state index contributed by atoms with van der Waals surface area (Å²) in [6.45, 7) is 6.22. The van der Waals surface area contributed by atoms with Gasteiger partial charge in [0, 0.05) is 18.6 Å². The lowest BCUT2D eigenvalue weighted by Gasteiger charge is -2.33. The van der Waals surface area contributed by atoms with Crippen LogP contribution in [0.1, 0.15) is 20.3 Å². The molecule has 0 aliphatic carbocycles. The van der Waals surface area contributed by atoms with Crippen molar-refractivity contribution < 1.29 is 10.2 Å². The van der Waals surface area contributed by atoms with Crippen molar-refractivity contribution in [1.29, 1.82) is 0 Å². The summed E-state index contributed by atoms with van der Waals surface area (Å²) in [4.78, 5) is 4.30. The first-order chi connectivity index (χ1) is 7.02. The highest BCUT2D eigenvalue weighted by atomic mass is 16.3. The van der Waals surface area contributed by atoms with Gasteiger partial charge in [-0.25, -0.2) is 0 Å². The Kier molecular flexibility index (Phi) is 7.96. The van der Waals surface area contributed by atoms with E-state index in [1.165, 1.54) is 0 Å². The lowest BCUT2D eigenvalue weighted by molar-refractivity contribution is 0.0655. The fraction of sp³-hybridized carbons (Fsp3) is 1.00. The summed E-state index contributed by atoms with van der Waals surface area (Å²) in [6.07, 6.45) is 1.06. The van der Waals surface area contributed by atoms with Crippen LogP contribution in [0.3, 0.4) is 0 Å². The van der Waals surface area contributed by atoms with Crippen LogP contribution in [0, 0.1) is 0 Å². The lowest BCUT2D eigenvalue weighted by atomic mass is 10.2. The molecule has 2 N–H and O–H groups in total. The monoisotopic (exact) mass is 218 g/mol. The second kappa shape index (κ2) is 8.05. The average Bonchev–Trinajstić information content (AvgIpc) is 2.22. The van der Waals surface area contributed by atoms with Gasteiger partial charge < -0.3 is 15.1 Å². The van der Waals surface area contributed by atoms with Crippen LogP contribution in [0.2, 0.25) is 0 Å². The second-order valence-electron chi connectivity index (χ2n) is 4.46. The van der Waals surface area contributed by atoms with Crippen LogP contribution >= 0.6 is 0 Å². The number of rotatable bonds is 8. The SMILES string of the molecule is CC(CO)N(CCCN(C)C)C(C)CO. The Hall–Kier alpha value is -0.160. The average molecular weight is 218 g/mol. The molecule has 0 aromatic carbocycles. The van der Waals surface area contributed by atoms with Crippen molar-refractivity contribution in [3.8, 4) is 0 Å². The maximum Gasteiger partial charge on any atom is 0.0584 e. The van der Waals surface area contributed by atoms with Gasteiger partial charge >= 0.3 is 0 Å². The summed E-state index contributed by atoms with van der Waals surface area (Å²) in [5, 5.41) is 18.2. The molecule has 92 valence electrons. The van der Waals surface area contributed by atoms with Gasteiger partial charge in [-0.3, -0.25) is 4.90 Å². The Morgan fingerprint density at radius 3 is 1.73 bits per heavy atom. The van der Waals surface area contributed by atoms with Gasteiger partial charge in [0.15, 0.2) is 0 Å². The van der Waals surface area contributed by atoms with Gasteiger partial charge in [-0.1, -0.05) is 0 Å². The first-order valence-corrected chi connectivity index (χ1v) is 5.65. The summed E-state index contributed by atoms with van der Waals surface area (Å²) < 4.78 is 0. The first-order valence-electron chi connectivity index (χ1n) is 5.65. The first kappa shape index (κ1) is 14.8. The molecular weight excluding hydrogens is 192 g/mol. The third-order valence-corrected chi connectivity index (χ3v) is 2.68. The van der Waals surface area contributed by atoms with Gasteiger partial charge in [0.25, 0.3) is 0 Å². The highest BCUT2D eigenvalue weighted by molar-refractivity contribution is 4.72. The van der Waals surface area contributed by atoms with Crippen molar-refractivity contribution in [2.75, 3.05) is 40.4 Å². The van der Waals surface area contributed by atoms with Gasteiger partial charge in [0.05, 0.1) is 13.2 Å².